The average Bonchev–Trinajstić information content (AvgIpc) is 3.12. The molecule has 24 heavy (non-hydrogen) atoms. The van der Waals surface area contributed by atoms with E-state index in [0.717, 1.165) is 0 Å². The lowest BCUT2D eigenvalue weighted by atomic mass is 10.2. The largest absolute Gasteiger partial charge is 0.485 e. The molecule has 0 radical (unpaired) electrons. The molecule has 5 nitrogen and oxygen atoms in total. The number of esters is 1. The summed E-state index contributed by atoms with van der Waals surface area (Å²) in [4.78, 5) is 16.5. The molecule has 1 atom stereocenters. The van der Waals surface area contributed by atoms with Gasteiger partial charge in [-0.15, -0.1) is 11.3 Å². The first-order valence-corrected chi connectivity index (χ1v) is 8.29. The summed E-state index contributed by atoms with van der Waals surface area (Å²) in [5, 5.41) is 2.36. The molecular formula is C18H13NO4S. The summed E-state index contributed by atoms with van der Waals surface area (Å²) < 4.78 is 16.9. The first kappa shape index (κ1) is 14.7. The fraction of sp³-hybridized carbons (Fsp3) is 0.111. The fourth-order valence-electron chi connectivity index (χ4n) is 2.32. The Morgan fingerprint density at radius 1 is 1.08 bits per heavy atom. The van der Waals surface area contributed by atoms with Crippen molar-refractivity contribution in [3.05, 3.63) is 70.7 Å². The number of rotatable bonds is 3. The van der Waals surface area contributed by atoms with Gasteiger partial charge in [-0.2, -0.15) is 0 Å². The van der Waals surface area contributed by atoms with Crippen molar-refractivity contribution in [2.45, 2.75) is 6.10 Å². The van der Waals surface area contributed by atoms with E-state index in [1.165, 1.54) is 11.3 Å². The van der Waals surface area contributed by atoms with Crippen LogP contribution in [0.3, 0.4) is 0 Å². The number of hydrogen-bond acceptors (Lipinski definition) is 6. The normalized spacial score (nSPS) is 15.8. The zero-order chi connectivity index (χ0) is 16.4. The van der Waals surface area contributed by atoms with Gasteiger partial charge in [0.2, 0.25) is 0 Å². The van der Waals surface area contributed by atoms with Crippen molar-refractivity contribution in [1.29, 1.82) is 0 Å². The van der Waals surface area contributed by atoms with E-state index in [4.69, 9.17) is 14.2 Å². The lowest BCUT2D eigenvalue weighted by Gasteiger charge is -2.24. The summed E-state index contributed by atoms with van der Waals surface area (Å²) in [5.74, 6) is 1.40. The van der Waals surface area contributed by atoms with E-state index in [1.807, 2.05) is 30.3 Å². The van der Waals surface area contributed by atoms with Crippen molar-refractivity contribution in [3.8, 4) is 17.2 Å². The second-order valence-corrected chi connectivity index (χ2v) is 6.03. The van der Waals surface area contributed by atoms with Crippen molar-refractivity contribution in [3.63, 3.8) is 0 Å². The number of thiazole rings is 1. The number of hydrogen-bond donors (Lipinski definition) is 0. The van der Waals surface area contributed by atoms with Gasteiger partial charge in [0.25, 0.3) is 0 Å². The molecule has 120 valence electrons. The Hall–Kier alpha value is -2.86. The van der Waals surface area contributed by atoms with Crippen molar-refractivity contribution >= 4 is 17.3 Å². The Morgan fingerprint density at radius 3 is 2.67 bits per heavy atom. The Kier molecular flexibility index (Phi) is 3.88. The highest BCUT2D eigenvalue weighted by molar-refractivity contribution is 7.09. The fourth-order valence-corrected chi connectivity index (χ4v) is 3.12. The van der Waals surface area contributed by atoms with Crippen LogP contribution in [0, 0.1) is 0 Å². The van der Waals surface area contributed by atoms with Gasteiger partial charge < -0.3 is 14.2 Å². The number of carbonyl (C=O) groups excluding carboxylic acids is 1. The topological polar surface area (TPSA) is 57.7 Å². The van der Waals surface area contributed by atoms with E-state index in [0.29, 0.717) is 28.9 Å². The molecule has 1 aromatic heterocycles. The maximum Gasteiger partial charge on any atom is 0.363 e. The minimum atomic E-state index is -0.485. The molecule has 0 unspecified atom stereocenters. The van der Waals surface area contributed by atoms with Gasteiger partial charge in [-0.3, -0.25) is 0 Å². The lowest BCUT2D eigenvalue weighted by Crippen LogP contribution is -2.21. The lowest BCUT2D eigenvalue weighted by molar-refractivity contribution is 0.0725. The van der Waals surface area contributed by atoms with Crippen LogP contribution in [0.4, 0.5) is 0 Å². The highest BCUT2D eigenvalue weighted by atomic mass is 32.1. The molecule has 2 heterocycles. The van der Waals surface area contributed by atoms with Crippen LogP contribution in [0.25, 0.3) is 0 Å². The molecular weight excluding hydrogens is 326 g/mol. The molecule has 6 heteroatoms. The highest BCUT2D eigenvalue weighted by Gasteiger charge is 2.26. The molecule has 0 bridgehead atoms. The number of benzene rings is 2. The maximum absolute atomic E-state index is 12.2. The van der Waals surface area contributed by atoms with Crippen molar-refractivity contribution in [2.75, 3.05) is 6.61 Å². The minimum absolute atomic E-state index is 0.265. The van der Waals surface area contributed by atoms with Crippen molar-refractivity contribution in [1.82, 2.24) is 4.98 Å². The van der Waals surface area contributed by atoms with Crippen molar-refractivity contribution < 1.29 is 19.0 Å². The number of ether oxygens (including phenoxy) is 3. The van der Waals surface area contributed by atoms with E-state index in [2.05, 4.69) is 4.98 Å². The number of carbonyl (C=O) groups is 1. The van der Waals surface area contributed by atoms with Crippen LogP contribution < -0.4 is 14.2 Å². The monoisotopic (exact) mass is 339 g/mol. The Morgan fingerprint density at radius 2 is 1.83 bits per heavy atom. The molecule has 1 aliphatic rings. The molecule has 0 saturated carbocycles. The maximum atomic E-state index is 12.2. The van der Waals surface area contributed by atoms with Crippen LogP contribution in [0.15, 0.2) is 60.0 Å². The molecule has 0 N–H and O–H groups in total. The zero-order valence-electron chi connectivity index (χ0n) is 12.5. The van der Waals surface area contributed by atoms with Gasteiger partial charge in [0.15, 0.2) is 23.3 Å². The predicted molar refractivity (Wildman–Crippen MR) is 88.8 cm³/mol. The summed E-state index contributed by atoms with van der Waals surface area (Å²) in [6.45, 7) is 0.359. The van der Waals surface area contributed by atoms with Gasteiger partial charge in [-0.1, -0.05) is 30.3 Å². The van der Waals surface area contributed by atoms with Crippen LogP contribution in [0.1, 0.15) is 21.6 Å². The van der Waals surface area contributed by atoms with Gasteiger partial charge in [0.05, 0.1) is 0 Å². The molecule has 2 aromatic carbocycles. The van der Waals surface area contributed by atoms with Gasteiger partial charge in [0, 0.05) is 5.38 Å². The number of fused-ring (bicyclic) bond motifs is 1. The summed E-state index contributed by atoms with van der Waals surface area (Å²) in [7, 11) is 0. The average molecular weight is 339 g/mol. The van der Waals surface area contributed by atoms with Crippen LogP contribution in [0.2, 0.25) is 0 Å². The van der Waals surface area contributed by atoms with E-state index >= 15 is 0 Å². The van der Waals surface area contributed by atoms with Crippen molar-refractivity contribution in [2.24, 2.45) is 0 Å². The first-order valence-electron chi connectivity index (χ1n) is 7.41. The van der Waals surface area contributed by atoms with Gasteiger partial charge in [-0.05, 0) is 24.3 Å². The van der Waals surface area contributed by atoms with Crippen LogP contribution in [-0.2, 0) is 0 Å². The molecule has 3 aromatic rings. The quantitative estimate of drug-likeness (QED) is 0.535. The molecule has 1 aliphatic heterocycles. The molecule has 4 rings (SSSR count). The Bertz CT molecular complexity index is 862. The summed E-state index contributed by atoms with van der Waals surface area (Å²) in [6.07, 6.45) is -0.330. The van der Waals surface area contributed by atoms with Gasteiger partial charge in [0.1, 0.15) is 17.4 Å². The smallest absolute Gasteiger partial charge is 0.363 e. The standard InChI is InChI=1S/C18H13NO4S/c20-18(22-12-6-2-1-3-7-12)13-11-24-17(19-13)16-10-21-14-8-4-5-9-15(14)23-16/h1-9,11,16H,10H2/t16-/m1/s1. The van der Waals surface area contributed by atoms with Gasteiger partial charge >= 0.3 is 5.97 Å². The Labute approximate surface area is 142 Å². The van der Waals surface area contributed by atoms with Crippen LogP contribution in [0.5, 0.6) is 17.2 Å². The minimum Gasteiger partial charge on any atom is -0.485 e. The molecule has 0 amide bonds. The number of para-hydroxylation sites is 3. The Balaban J connectivity index is 1.48. The van der Waals surface area contributed by atoms with E-state index in [9.17, 15) is 4.79 Å². The summed E-state index contributed by atoms with van der Waals surface area (Å²) >= 11 is 1.35. The zero-order valence-corrected chi connectivity index (χ0v) is 13.4. The summed E-state index contributed by atoms with van der Waals surface area (Å²) in [5.41, 5.74) is 0.265. The first-order chi connectivity index (χ1) is 11.8. The predicted octanol–water partition coefficient (Wildman–Crippen LogP) is 3.87. The second-order valence-electron chi connectivity index (χ2n) is 5.14. The van der Waals surface area contributed by atoms with E-state index in [1.54, 1.807) is 29.6 Å². The SMILES string of the molecule is O=C(Oc1ccccc1)c1csc([C@H]2COc3ccccc3O2)n1. The molecule has 0 spiro atoms. The highest BCUT2D eigenvalue weighted by Crippen LogP contribution is 2.36. The van der Waals surface area contributed by atoms with Crippen LogP contribution >= 0.6 is 11.3 Å². The third kappa shape index (κ3) is 2.96. The molecule has 0 fully saturated rings. The summed E-state index contributed by atoms with van der Waals surface area (Å²) in [6, 6.07) is 16.4. The van der Waals surface area contributed by atoms with E-state index in [-0.39, 0.29) is 11.8 Å². The molecule has 0 saturated heterocycles. The molecule has 0 aliphatic carbocycles. The van der Waals surface area contributed by atoms with Crippen LogP contribution in [-0.4, -0.2) is 17.6 Å². The number of aromatic nitrogens is 1. The van der Waals surface area contributed by atoms with Gasteiger partial charge in [-0.25, -0.2) is 9.78 Å². The third-order valence-corrected chi connectivity index (χ3v) is 4.41. The number of nitrogens with zero attached hydrogens (tertiary/aromatic N) is 1. The van der Waals surface area contributed by atoms with E-state index < -0.39 is 5.97 Å². The second kappa shape index (κ2) is 6.33. The third-order valence-electron chi connectivity index (χ3n) is 3.47.